The normalized spacial score (nSPS) is 24.3. The van der Waals surface area contributed by atoms with Crippen molar-refractivity contribution in [3.05, 3.63) is 29.3 Å². The van der Waals surface area contributed by atoms with Gasteiger partial charge in [-0.15, -0.1) is 0 Å². The van der Waals surface area contributed by atoms with E-state index in [9.17, 15) is 9.59 Å². The van der Waals surface area contributed by atoms with Crippen molar-refractivity contribution in [1.29, 1.82) is 0 Å². The summed E-state index contributed by atoms with van der Waals surface area (Å²) in [4.78, 5) is 29.5. The maximum Gasteiger partial charge on any atom is 0.321 e. The number of benzene rings is 1. The van der Waals surface area contributed by atoms with E-state index in [1.165, 1.54) is 25.7 Å². The van der Waals surface area contributed by atoms with E-state index in [0.29, 0.717) is 25.0 Å². The average molecular weight is 370 g/mol. The number of likely N-dealkylation sites (tertiary alicyclic amines) is 1. The van der Waals surface area contributed by atoms with Crippen molar-refractivity contribution in [2.75, 3.05) is 24.5 Å². The summed E-state index contributed by atoms with van der Waals surface area (Å²) in [7, 11) is 0. The second-order valence-corrected chi connectivity index (χ2v) is 8.23. The summed E-state index contributed by atoms with van der Waals surface area (Å²) in [5, 5.41) is 2.95. The second kappa shape index (κ2) is 7.91. The van der Waals surface area contributed by atoms with Gasteiger partial charge in [-0.2, -0.15) is 0 Å². The first-order valence-corrected chi connectivity index (χ1v) is 10.7. The van der Waals surface area contributed by atoms with Crippen molar-refractivity contribution in [2.24, 2.45) is 5.92 Å². The molecule has 2 fully saturated rings. The van der Waals surface area contributed by atoms with E-state index < -0.39 is 0 Å². The Balaban J connectivity index is 1.50. The molecule has 2 heterocycles. The number of fused-ring (bicyclic) bond motifs is 2. The van der Waals surface area contributed by atoms with Crippen molar-refractivity contribution in [3.63, 3.8) is 0 Å². The molecule has 1 saturated heterocycles. The molecule has 0 unspecified atom stereocenters. The fourth-order valence-corrected chi connectivity index (χ4v) is 5.12. The number of piperidine rings is 1. The van der Waals surface area contributed by atoms with Crippen molar-refractivity contribution < 1.29 is 9.59 Å². The lowest BCUT2D eigenvalue weighted by Gasteiger charge is -2.44. The molecular formula is C22H31N3O2. The summed E-state index contributed by atoms with van der Waals surface area (Å²) in [5.41, 5.74) is 2.86. The molecule has 1 aliphatic carbocycles. The molecule has 1 aromatic rings. The number of hydrogen-bond acceptors (Lipinski definition) is 2. The SMILES string of the molecule is CCCNC(=O)N1CCc2cc(C(=O)N3CCC[C@H]4CCCC[C@H]43)ccc21. The van der Waals surface area contributed by atoms with Gasteiger partial charge in [0.1, 0.15) is 0 Å². The second-order valence-electron chi connectivity index (χ2n) is 8.23. The molecule has 3 amide bonds. The summed E-state index contributed by atoms with van der Waals surface area (Å²) >= 11 is 0. The van der Waals surface area contributed by atoms with Gasteiger partial charge in [-0.1, -0.05) is 19.8 Å². The topological polar surface area (TPSA) is 52.7 Å². The van der Waals surface area contributed by atoms with E-state index in [0.717, 1.165) is 49.0 Å². The molecule has 1 N–H and O–H groups in total. The molecule has 5 nitrogen and oxygen atoms in total. The highest BCUT2D eigenvalue weighted by Crippen LogP contribution is 2.36. The molecule has 5 heteroatoms. The molecule has 2 aliphatic heterocycles. The number of rotatable bonds is 3. The fraction of sp³-hybridized carbons (Fsp3) is 0.636. The van der Waals surface area contributed by atoms with Crippen LogP contribution in [-0.2, 0) is 6.42 Å². The van der Waals surface area contributed by atoms with E-state index in [-0.39, 0.29) is 11.9 Å². The monoisotopic (exact) mass is 369 g/mol. The highest BCUT2D eigenvalue weighted by atomic mass is 16.2. The Morgan fingerprint density at radius 1 is 1.11 bits per heavy atom. The van der Waals surface area contributed by atoms with Crippen LogP contribution in [0.2, 0.25) is 0 Å². The first-order valence-electron chi connectivity index (χ1n) is 10.7. The predicted octanol–water partition coefficient (Wildman–Crippen LogP) is 3.96. The van der Waals surface area contributed by atoms with Crippen LogP contribution < -0.4 is 10.2 Å². The molecule has 1 aromatic carbocycles. The van der Waals surface area contributed by atoms with Gasteiger partial charge in [-0.25, -0.2) is 4.79 Å². The van der Waals surface area contributed by atoms with Gasteiger partial charge in [-0.3, -0.25) is 9.69 Å². The Labute approximate surface area is 162 Å². The quantitative estimate of drug-likeness (QED) is 0.877. The zero-order valence-corrected chi connectivity index (χ0v) is 16.4. The lowest BCUT2D eigenvalue weighted by molar-refractivity contribution is 0.0390. The van der Waals surface area contributed by atoms with Crippen LogP contribution >= 0.6 is 0 Å². The summed E-state index contributed by atoms with van der Waals surface area (Å²) < 4.78 is 0. The summed E-state index contributed by atoms with van der Waals surface area (Å²) in [6, 6.07) is 6.31. The van der Waals surface area contributed by atoms with Gasteiger partial charge < -0.3 is 10.2 Å². The van der Waals surface area contributed by atoms with Crippen LogP contribution in [0.25, 0.3) is 0 Å². The molecule has 2 atom stereocenters. The van der Waals surface area contributed by atoms with Gasteiger partial charge in [0.15, 0.2) is 0 Å². The largest absolute Gasteiger partial charge is 0.338 e. The minimum Gasteiger partial charge on any atom is -0.338 e. The third-order valence-electron chi connectivity index (χ3n) is 6.50. The Kier molecular flexibility index (Phi) is 5.37. The van der Waals surface area contributed by atoms with Gasteiger partial charge >= 0.3 is 6.03 Å². The molecule has 0 bridgehead atoms. The van der Waals surface area contributed by atoms with Crippen molar-refractivity contribution in [2.45, 2.75) is 64.3 Å². The van der Waals surface area contributed by atoms with Gasteiger partial charge in [0.25, 0.3) is 5.91 Å². The van der Waals surface area contributed by atoms with Crippen LogP contribution in [0.4, 0.5) is 10.5 Å². The minimum atomic E-state index is -0.0317. The van der Waals surface area contributed by atoms with Crippen molar-refractivity contribution in [1.82, 2.24) is 10.2 Å². The Hall–Kier alpha value is -2.04. The molecule has 0 aromatic heterocycles. The first-order chi connectivity index (χ1) is 13.2. The van der Waals surface area contributed by atoms with Gasteiger partial charge in [0.05, 0.1) is 0 Å². The Morgan fingerprint density at radius 2 is 1.93 bits per heavy atom. The van der Waals surface area contributed by atoms with Crippen LogP contribution in [0.3, 0.4) is 0 Å². The number of hydrogen-bond donors (Lipinski definition) is 1. The number of carbonyl (C=O) groups is 2. The zero-order valence-electron chi connectivity index (χ0n) is 16.4. The third kappa shape index (κ3) is 3.56. The Morgan fingerprint density at radius 3 is 2.78 bits per heavy atom. The van der Waals surface area contributed by atoms with Gasteiger partial charge in [-0.05, 0) is 68.2 Å². The van der Waals surface area contributed by atoms with Crippen LogP contribution in [0.1, 0.15) is 67.8 Å². The van der Waals surface area contributed by atoms with E-state index in [1.54, 1.807) is 4.90 Å². The van der Waals surface area contributed by atoms with Gasteiger partial charge in [0.2, 0.25) is 0 Å². The van der Waals surface area contributed by atoms with E-state index >= 15 is 0 Å². The molecule has 4 rings (SSSR count). The fourth-order valence-electron chi connectivity index (χ4n) is 5.12. The maximum absolute atomic E-state index is 13.2. The average Bonchev–Trinajstić information content (AvgIpc) is 3.14. The number of nitrogens with zero attached hydrogens (tertiary/aromatic N) is 2. The van der Waals surface area contributed by atoms with E-state index in [2.05, 4.69) is 10.2 Å². The standard InChI is InChI=1S/C22H31N3O2/c1-2-12-23-22(27)25-14-11-17-15-18(9-10-20(17)25)21(26)24-13-5-7-16-6-3-4-8-19(16)24/h9-10,15-16,19H,2-8,11-14H2,1H3,(H,23,27)/t16-,19-/m1/s1. The van der Waals surface area contributed by atoms with Crippen LogP contribution in [0.15, 0.2) is 18.2 Å². The smallest absolute Gasteiger partial charge is 0.321 e. The predicted molar refractivity (Wildman–Crippen MR) is 107 cm³/mol. The number of amides is 3. The number of nitrogens with one attached hydrogen (secondary N) is 1. The first kappa shape index (κ1) is 18.3. The van der Waals surface area contributed by atoms with Crippen molar-refractivity contribution in [3.8, 4) is 0 Å². The van der Waals surface area contributed by atoms with Crippen molar-refractivity contribution >= 4 is 17.6 Å². The van der Waals surface area contributed by atoms with Crippen LogP contribution in [0, 0.1) is 5.92 Å². The van der Waals surface area contributed by atoms with E-state index in [1.807, 2.05) is 25.1 Å². The molecule has 0 spiro atoms. The number of carbonyl (C=O) groups excluding carboxylic acids is 2. The number of anilines is 1. The lowest BCUT2D eigenvalue weighted by Crippen LogP contribution is -2.49. The molecule has 27 heavy (non-hydrogen) atoms. The van der Waals surface area contributed by atoms with E-state index in [4.69, 9.17) is 0 Å². The molecule has 1 saturated carbocycles. The highest BCUT2D eigenvalue weighted by Gasteiger charge is 2.36. The summed E-state index contributed by atoms with van der Waals surface area (Å²) in [6.45, 7) is 4.33. The third-order valence-corrected chi connectivity index (χ3v) is 6.50. The van der Waals surface area contributed by atoms with Crippen LogP contribution in [0.5, 0.6) is 0 Å². The molecule has 146 valence electrons. The zero-order chi connectivity index (χ0) is 18.8. The molecule has 3 aliphatic rings. The molecule has 0 radical (unpaired) electrons. The Bertz CT molecular complexity index is 716. The number of urea groups is 1. The van der Waals surface area contributed by atoms with Crippen LogP contribution in [-0.4, -0.2) is 42.5 Å². The maximum atomic E-state index is 13.2. The molecular weight excluding hydrogens is 338 g/mol. The minimum absolute atomic E-state index is 0.0317. The summed E-state index contributed by atoms with van der Waals surface area (Å²) in [5.74, 6) is 0.881. The lowest BCUT2D eigenvalue weighted by atomic mass is 9.78. The highest BCUT2D eigenvalue weighted by molar-refractivity contribution is 5.98. The van der Waals surface area contributed by atoms with Gasteiger partial charge in [0, 0.05) is 36.9 Å². The summed E-state index contributed by atoms with van der Waals surface area (Å²) in [6.07, 6.45) is 9.16.